The topological polar surface area (TPSA) is 77.4 Å². The summed E-state index contributed by atoms with van der Waals surface area (Å²) >= 11 is 0. The second-order valence-electron chi connectivity index (χ2n) is 8.03. The third-order valence-corrected chi connectivity index (χ3v) is 4.80. The van der Waals surface area contributed by atoms with Crippen LogP contribution in [-0.4, -0.2) is 54.1 Å². The van der Waals surface area contributed by atoms with Gasteiger partial charge in [0.2, 0.25) is 0 Å². The van der Waals surface area contributed by atoms with Gasteiger partial charge in [-0.1, -0.05) is 17.3 Å². The third kappa shape index (κ3) is 4.40. The maximum Gasteiger partial charge on any atom is 0.410 e. The SMILES string of the molecule is COC(=O)c1ccc(C2=NOC3(CCN(C(=O)OC(C)(C)C)CC3)C2)cc1. The van der Waals surface area contributed by atoms with Gasteiger partial charge < -0.3 is 19.2 Å². The van der Waals surface area contributed by atoms with Crippen LogP contribution in [0.1, 0.15) is 56.0 Å². The monoisotopic (exact) mass is 374 g/mol. The number of hydrogen-bond donors (Lipinski definition) is 0. The third-order valence-electron chi connectivity index (χ3n) is 4.80. The Morgan fingerprint density at radius 2 is 1.78 bits per heavy atom. The zero-order valence-electron chi connectivity index (χ0n) is 16.3. The molecule has 0 radical (unpaired) electrons. The van der Waals surface area contributed by atoms with Crippen LogP contribution in [0.25, 0.3) is 0 Å². The highest BCUT2D eigenvalue weighted by Crippen LogP contribution is 2.36. The van der Waals surface area contributed by atoms with E-state index in [0.29, 0.717) is 37.9 Å². The Labute approximate surface area is 159 Å². The first-order chi connectivity index (χ1) is 12.7. The summed E-state index contributed by atoms with van der Waals surface area (Å²) in [6, 6.07) is 7.15. The Bertz CT molecular complexity index is 741. The van der Waals surface area contributed by atoms with Crippen LogP contribution >= 0.6 is 0 Å². The lowest BCUT2D eigenvalue weighted by molar-refractivity contribution is -0.0639. The van der Waals surface area contributed by atoms with E-state index < -0.39 is 5.60 Å². The number of hydrogen-bond acceptors (Lipinski definition) is 6. The molecule has 7 nitrogen and oxygen atoms in total. The Morgan fingerprint density at radius 3 is 2.33 bits per heavy atom. The number of carbonyl (C=O) groups is 2. The van der Waals surface area contributed by atoms with Crippen LogP contribution in [0.3, 0.4) is 0 Å². The van der Waals surface area contributed by atoms with Crippen LogP contribution in [0.5, 0.6) is 0 Å². The summed E-state index contributed by atoms with van der Waals surface area (Å²) < 4.78 is 10.2. The molecule has 3 rings (SSSR count). The highest BCUT2D eigenvalue weighted by molar-refractivity contribution is 6.02. The molecule has 1 aromatic rings. The maximum atomic E-state index is 12.2. The van der Waals surface area contributed by atoms with Crippen molar-refractivity contribution in [1.29, 1.82) is 0 Å². The first-order valence-corrected chi connectivity index (χ1v) is 9.13. The molecule has 0 saturated carbocycles. The number of methoxy groups -OCH3 is 1. The minimum absolute atomic E-state index is 0.283. The van der Waals surface area contributed by atoms with Crippen LogP contribution in [0.15, 0.2) is 29.4 Å². The van der Waals surface area contributed by atoms with Gasteiger partial charge in [-0.3, -0.25) is 0 Å². The highest BCUT2D eigenvalue weighted by Gasteiger charge is 2.43. The molecule has 1 aromatic carbocycles. The number of piperidine rings is 1. The molecule has 146 valence electrons. The standard InChI is InChI=1S/C20H26N2O5/c1-19(2,3)26-18(24)22-11-9-20(10-12-22)13-16(21-27-20)14-5-7-15(8-6-14)17(23)25-4/h5-8H,9-13H2,1-4H3. The lowest BCUT2D eigenvalue weighted by Gasteiger charge is -2.37. The van der Waals surface area contributed by atoms with Gasteiger partial charge in [0.25, 0.3) is 0 Å². The van der Waals surface area contributed by atoms with Gasteiger partial charge in [-0.25, -0.2) is 9.59 Å². The average molecular weight is 374 g/mol. The number of nitrogens with zero attached hydrogens (tertiary/aromatic N) is 2. The van der Waals surface area contributed by atoms with E-state index in [-0.39, 0.29) is 17.7 Å². The normalized spacial score (nSPS) is 18.7. The second kappa shape index (κ2) is 7.21. The van der Waals surface area contributed by atoms with Gasteiger partial charge >= 0.3 is 12.1 Å². The number of esters is 1. The molecule has 7 heteroatoms. The van der Waals surface area contributed by atoms with E-state index in [4.69, 9.17) is 14.3 Å². The van der Waals surface area contributed by atoms with E-state index in [1.54, 1.807) is 17.0 Å². The molecule has 0 atom stereocenters. The second-order valence-corrected chi connectivity index (χ2v) is 8.03. The Hall–Kier alpha value is -2.57. The fourth-order valence-electron chi connectivity index (χ4n) is 3.28. The minimum atomic E-state index is -0.497. The molecule has 1 amide bonds. The predicted octanol–water partition coefficient (Wildman–Crippen LogP) is 3.37. The lowest BCUT2D eigenvalue weighted by Crippen LogP contribution is -2.48. The van der Waals surface area contributed by atoms with Gasteiger partial charge in [0.05, 0.1) is 18.4 Å². The van der Waals surface area contributed by atoms with E-state index in [1.807, 2.05) is 32.9 Å². The average Bonchev–Trinajstić information content (AvgIpc) is 3.04. The van der Waals surface area contributed by atoms with Gasteiger partial charge in [0, 0.05) is 32.4 Å². The number of likely N-dealkylation sites (tertiary alicyclic amines) is 1. The van der Waals surface area contributed by atoms with Crippen molar-refractivity contribution in [3.05, 3.63) is 35.4 Å². The first-order valence-electron chi connectivity index (χ1n) is 9.13. The molecule has 1 spiro atoms. The summed E-state index contributed by atoms with van der Waals surface area (Å²) in [5.74, 6) is -0.364. The van der Waals surface area contributed by atoms with E-state index in [2.05, 4.69) is 5.16 Å². The molecule has 2 heterocycles. The van der Waals surface area contributed by atoms with Gasteiger partial charge in [-0.2, -0.15) is 0 Å². The van der Waals surface area contributed by atoms with Gasteiger partial charge in [-0.15, -0.1) is 0 Å². The van der Waals surface area contributed by atoms with Crippen molar-refractivity contribution in [2.24, 2.45) is 5.16 Å². The van der Waals surface area contributed by atoms with Crippen molar-refractivity contribution in [2.45, 2.75) is 51.2 Å². The van der Waals surface area contributed by atoms with Crippen LogP contribution in [0.2, 0.25) is 0 Å². The number of oxime groups is 1. The molecule has 0 unspecified atom stereocenters. The summed E-state index contributed by atoms with van der Waals surface area (Å²) in [7, 11) is 1.36. The predicted molar refractivity (Wildman–Crippen MR) is 99.8 cm³/mol. The fraction of sp³-hybridized carbons (Fsp3) is 0.550. The lowest BCUT2D eigenvalue weighted by atomic mass is 9.85. The van der Waals surface area contributed by atoms with E-state index in [9.17, 15) is 9.59 Å². The van der Waals surface area contributed by atoms with Gasteiger partial charge in [0.1, 0.15) is 11.2 Å². The smallest absolute Gasteiger partial charge is 0.410 e. The highest BCUT2D eigenvalue weighted by atomic mass is 16.7. The number of benzene rings is 1. The summed E-state index contributed by atoms with van der Waals surface area (Å²) in [5.41, 5.74) is 1.42. The quantitative estimate of drug-likeness (QED) is 0.742. The number of amides is 1. The zero-order chi connectivity index (χ0) is 19.7. The van der Waals surface area contributed by atoms with Crippen LogP contribution < -0.4 is 0 Å². The Balaban J connectivity index is 1.58. The molecule has 1 fully saturated rings. The maximum absolute atomic E-state index is 12.2. The van der Waals surface area contributed by atoms with Crippen LogP contribution in [0.4, 0.5) is 4.79 Å². The van der Waals surface area contributed by atoms with Crippen molar-refractivity contribution in [3.63, 3.8) is 0 Å². The summed E-state index contributed by atoms with van der Waals surface area (Å²) in [5, 5.41) is 4.27. The largest absolute Gasteiger partial charge is 0.465 e. The molecule has 0 bridgehead atoms. The molecule has 27 heavy (non-hydrogen) atoms. The molecule has 0 aliphatic carbocycles. The first kappa shape index (κ1) is 19.2. The van der Waals surface area contributed by atoms with Crippen molar-refractivity contribution in [3.8, 4) is 0 Å². The summed E-state index contributed by atoms with van der Waals surface area (Å²) in [6.07, 6.45) is 1.82. The van der Waals surface area contributed by atoms with Crippen molar-refractivity contribution in [1.82, 2.24) is 4.90 Å². The van der Waals surface area contributed by atoms with Crippen molar-refractivity contribution < 1.29 is 23.9 Å². The van der Waals surface area contributed by atoms with Crippen molar-refractivity contribution >= 4 is 17.8 Å². The molecule has 1 saturated heterocycles. The number of ether oxygens (including phenoxy) is 2. The molecule has 0 aromatic heterocycles. The van der Waals surface area contributed by atoms with E-state index in [1.165, 1.54) is 7.11 Å². The van der Waals surface area contributed by atoms with Crippen LogP contribution in [-0.2, 0) is 14.3 Å². The molecule has 2 aliphatic heterocycles. The molecule has 2 aliphatic rings. The molecule has 0 N–H and O–H groups in total. The Morgan fingerprint density at radius 1 is 1.15 bits per heavy atom. The van der Waals surface area contributed by atoms with E-state index in [0.717, 1.165) is 11.3 Å². The van der Waals surface area contributed by atoms with Gasteiger partial charge in [-0.05, 0) is 38.5 Å². The van der Waals surface area contributed by atoms with Crippen molar-refractivity contribution in [2.75, 3.05) is 20.2 Å². The number of rotatable bonds is 2. The van der Waals surface area contributed by atoms with Crippen LogP contribution in [0, 0.1) is 0 Å². The Kier molecular flexibility index (Phi) is 5.13. The van der Waals surface area contributed by atoms with E-state index >= 15 is 0 Å². The molecular formula is C20H26N2O5. The molecular weight excluding hydrogens is 348 g/mol. The summed E-state index contributed by atoms with van der Waals surface area (Å²) in [6.45, 7) is 6.75. The minimum Gasteiger partial charge on any atom is -0.465 e. The zero-order valence-corrected chi connectivity index (χ0v) is 16.3. The summed E-state index contributed by atoms with van der Waals surface area (Å²) in [4.78, 5) is 31.3. The number of carbonyl (C=O) groups excluding carboxylic acids is 2. The van der Waals surface area contributed by atoms with Gasteiger partial charge in [0.15, 0.2) is 0 Å². The fourth-order valence-corrected chi connectivity index (χ4v) is 3.28.